The number of nitrogens with zero attached hydrogens (tertiary/aromatic N) is 2. The zero-order chi connectivity index (χ0) is 53.3. The van der Waals surface area contributed by atoms with Crippen molar-refractivity contribution in [3.63, 3.8) is 0 Å². The van der Waals surface area contributed by atoms with Gasteiger partial charge in [-0.15, -0.1) is 0 Å². The van der Waals surface area contributed by atoms with Crippen LogP contribution in [0.5, 0.6) is 5.88 Å². The second-order valence-corrected chi connectivity index (χ2v) is 17.6. The number of pyridine rings is 2. The molecule has 0 fully saturated rings. The molecule has 0 saturated heterocycles. The van der Waals surface area contributed by atoms with Crippen LogP contribution in [0.4, 0.5) is 11.5 Å². The lowest BCUT2D eigenvalue weighted by atomic mass is 10.0. The normalized spacial score (nSPS) is 12.5. The molecule has 22 heteroatoms. The van der Waals surface area contributed by atoms with Crippen LogP contribution >= 0.6 is 0 Å². The number of hydrogen-bond donors (Lipinski definition) is 8. The number of nitrogens with one attached hydrogen (secondary N) is 7. The molecule has 2 atom stereocenters. The number of unbranched alkanes of at least 4 members (excludes halogenated alkanes) is 1. The van der Waals surface area contributed by atoms with Crippen LogP contribution in [0, 0.1) is 0 Å². The lowest BCUT2D eigenvalue weighted by Crippen LogP contribution is -2.47. The van der Waals surface area contributed by atoms with Crippen LogP contribution in [0.3, 0.4) is 0 Å². The van der Waals surface area contributed by atoms with Gasteiger partial charge in [0.1, 0.15) is 17.4 Å². The Morgan fingerprint density at radius 1 is 0.743 bits per heavy atom. The number of aromatic nitrogens is 2. The monoisotopic (exact) mass is 1030 g/mol. The molecule has 0 aliphatic carbocycles. The van der Waals surface area contributed by atoms with E-state index >= 15 is 0 Å². The lowest BCUT2D eigenvalue weighted by Gasteiger charge is -2.21. The molecule has 22 nitrogen and oxygen atoms in total. The predicted octanol–water partition coefficient (Wildman–Crippen LogP) is 2.88. The fourth-order valence-corrected chi connectivity index (χ4v) is 7.59. The summed E-state index contributed by atoms with van der Waals surface area (Å²) < 4.78 is 21.6. The van der Waals surface area contributed by atoms with Crippen molar-refractivity contribution in [2.24, 2.45) is 0 Å². The predicted molar refractivity (Wildman–Crippen MR) is 273 cm³/mol. The van der Waals surface area contributed by atoms with Crippen molar-refractivity contribution in [2.45, 2.75) is 109 Å². The minimum atomic E-state index is -1.12. The highest BCUT2D eigenvalue weighted by atomic mass is 16.5. The Labute approximate surface area is 432 Å². The SMILES string of the molecule is COc1ccc(C(CC(=O)O)NC(=O)CNC(=O)C(CCCCNC(=O)CCOCCOCCOCCNC(=O)CCCC(=O)Nc2ccc(CCC(=O)CC(C)=O)cc2)NCc2ccc3c(n2)NCCC3)cn1. The number of carbonyl (C=O) groups is 8. The van der Waals surface area contributed by atoms with Crippen molar-refractivity contribution in [2.75, 3.05) is 83.6 Å². The molecule has 0 spiro atoms. The summed E-state index contributed by atoms with van der Waals surface area (Å²) >= 11 is 0. The van der Waals surface area contributed by atoms with Crippen LogP contribution in [0.25, 0.3) is 0 Å². The summed E-state index contributed by atoms with van der Waals surface area (Å²) in [5.41, 5.74) is 3.91. The third kappa shape index (κ3) is 25.2. The largest absolute Gasteiger partial charge is 0.481 e. The maximum atomic E-state index is 13.5. The van der Waals surface area contributed by atoms with E-state index in [1.165, 1.54) is 20.2 Å². The number of ether oxygens (including phenoxy) is 4. The van der Waals surface area contributed by atoms with E-state index < -0.39 is 36.3 Å². The minimum Gasteiger partial charge on any atom is -0.481 e. The summed E-state index contributed by atoms with van der Waals surface area (Å²) in [7, 11) is 1.45. The minimum absolute atomic E-state index is 0.0529. The zero-order valence-corrected chi connectivity index (χ0v) is 42.6. The van der Waals surface area contributed by atoms with E-state index in [9.17, 15) is 43.5 Å². The number of rotatable bonds is 38. The maximum absolute atomic E-state index is 13.5. The zero-order valence-electron chi connectivity index (χ0n) is 42.6. The molecule has 8 N–H and O–H groups in total. The molecule has 1 aliphatic rings. The Morgan fingerprint density at radius 3 is 2.18 bits per heavy atom. The van der Waals surface area contributed by atoms with Gasteiger partial charge in [0.2, 0.25) is 35.4 Å². The number of anilines is 2. The summed E-state index contributed by atoms with van der Waals surface area (Å²) in [5.74, 6) is -1.75. The first kappa shape index (κ1) is 59.7. The molecular formula is C52H73N9O13. The Kier molecular flexibility index (Phi) is 27.8. The molecular weight excluding hydrogens is 959 g/mol. The van der Waals surface area contributed by atoms with Crippen molar-refractivity contribution in [3.05, 3.63) is 77.1 Å². The number of hydrogen-bond acceptors (Lipinski definition) is 16. The number of carbonyl (C=O) groups excluding carboxylic acids is 7. The molecule has 3 aromatic rings. The fourth-order valence-electron chi connectivity index (χ4n) is 7.59. The molecule has 3 heterocycles. The van der Waals surface area contributed by atoms with Crippen LogP contribution in [0.2, 0.25) is 0 Å². The number of methoxy groups -OCH3 is 1. The van der Waals surface area contributed by atoms with Crippen molar-refractivity contribution in [1.82, 2.24) is 36.6 Å². The van der Waals surface area contributed by atoms with Crippen LogP contribution in [0.1, 0.15) is 106 Å². The average molecular weight is 1030 g/mol. The standard InChI is InChI=1S/C52H73N9O13/c1-36(62)31-42(63)19-13-37-11-16-40(17-12-37)59-47(66)10-5-9-45(64)54-24-26-73-28-30-74-29-27-72-25-21-46(65)53-22-4-3-8-43(56-34-41-18-14-38-7-6-23-55-51(38)60-41)52(70)58-35-48(67)61-44(32-50(68)69)39-15-20-49(71-2)57-33-39/h11-12,14-18,20,33,43-44,56H,3-10,13,19,21-32,34-35H2,1-2H3,(H,53,65)(H,54,64)(H,55,60)(H,58,70)(H,59,66)(H,61,67)(H,68,69). The first-order valence-corrected chi connectivity index (χ1v) is 25.2. The van der Waals surface area contributed by atoms with E-state index in [1.807, 2.05) is 24.3 Å². The van der Waals surface area contributed by atoms with E-state index in [0.717, 1.165) is 42.0 Å². The lowest BCUT2D eigenvalue weighted by molar-refractivity contribution is -0.138. The van der Waals surface area contributed by atoms with Gasteiger partial charge in [-0.25, -0.2) is 9.97 Å². The van der Waals surface area contributed by atoms with Crippen molar-refractivity contribution >= 4 is 58.6 Å². The molecule has 74 heavy (non-hydrogen) atoms. The summed E-state index contributed by atoms with van der Waals surface area (Å²) in [6, 6.07) is 12.7. The third-order valence-corrected chi connectivity index (χ3v) is 11.5. The molecule has 2 unspecified atom stereocenters. The van der Waals surface area contributed by atoms with Gasteiger partial charge in [0.05, 0.1) is 83.9 Å². The van der Waals surface area contributed by atoms with Crippen molar-refractivity contribution < 1.29 is 62.4 Å². The number of carboxylic acid groups (broad SMARTS) is 1. The summed E-state index contributed by atoms with van der Waals surface area (Å²) in [4.78, 5) is 107. The van der Waals surface area contributed by atoms with Gasteiger partial charge in [-0.2, -0.15) is 0 Å². The molecule has 1 aliphatic heterocycles. The van der Waals surface area contributed by atoms with Crippen LogP contribution < -0.4 is 42.0 Å². The molecule has 2 aromatic heterocycles. The number of ketones is 2. The number of Topliss-reactive ketones (excluding diaryl/α,β-unsaturated/α-hetero) is 2. The van der Waals surface area contributed by atoms with Gasteiger partial charge in [-0.05, 0) is 86.8 Å². The molecule has 404 valence electrons. The van der Waals surface area contributed by atoms with Gasteiger partial charge >= 0.3 is 5.97 Å². The fraction of sp³-hybridized carbons (Fsp3) is 0.538. The van der Waals surface area contributed by atoms with Gasteiger partial charge in [-0.1, -0.05) is 24.3 Å². The number of aliphatic carboxylic acids is 1. The molecule has 0 saturated carbocycles. The van der Waals surface area contributed by atoms with Crippen LogP contribution in [0.15, 0.2) is 54.7 Å². The first-order chi connectivity index (χ1) is 35.8. The smallest absolute Gasteiger partial charge is 0.305 e. The maximum Gasteiger partial charge on any atom is 0.305 e. The van der Waals surface area contributed by atoms with E-state index in [0.29, 0.717) is 102 Å². The van der Waals surface area contributed by atoms with Crippen molar-refractivity contribution in [3.8, 4) is 5.88 Å². The number of amides is 5. The summed E-state index contributed by atoms with van der Waals surface area (Å²) in [6.07, 6.45) is 6.25. The van der Waals surface area contributed by atoms with Gasteiger partial charge in [0.25, 0.3) is 0 Å². The van der Waals surface area contributed by atoms with E-state index in [2.05, 4.69) is 42.2 Å². The Balaban J connectivity index is 1.01. The highest BCUT2D eigenvalue weighted by Crippen LogP contribution is 2.21. The van der Waals surface area contributed by atoms with Crippen LogP contribution in [-0.2, 0) is 72.0 Å². The number of fused-ring (bicyclic) bond motifs is 1. The van der Waals surface area contributed by atoms with Gasteiger partial charge in [-0.3, -0.25) is 38.4 Å². The molecule has 0 bridgehead atoms. The summed E-state index contributed by atoms with van der Waals surface area (Å²) in [6.45, 7) is 4.61. The first-order valence-electron chi connectivity index (χ1n) is 25.2. The molecule has 1 aromatic carbocycles. The Bertz CT molecular complexity index is 2260. The van der Waals surface area contributed by atoms with E-state index in [4.69, 9.17) is 23.9 Å². The quantitative estimate of drug-likeness (QED) is 0.0302. The Hall–Kier alpha value is -6.88. The van der Waals surface area contributed by atoms with Crippen LogP contribution in [-0.4, -0.2) is 141 Å². The second kappa shape index (κ2) is 34.5. The third-order valence-electron chi connectivity index (χ3n) is 11.5. The van der Waals surface area contributed by atoms with Gasteiger partial charge in [0, 0.05) is 69.8 Å². The summed E-state index contributed by atoms with van der Waals surface area (Å²) in [5, 5.41) is 29.8. The van der Waals surface area contributed by atoms with Gasteiger partial charge in [0.15, 0.2) is 0 Å². The second-order valence-electron chi connectivity index (χ2n) is 17.6. The topological polar surface area (TPSA) is 304 Å². The van der Waals surface area contributed by atoms with E-state index in [-0.39, 0.29) is 74.5 Å². The average Bonchev–Trinajstić information content (AvgIpc) is 3.38. The number of aryl methyl sites for hydroxylation is 2. The molecule has 0 radical (unpaired) electrons. The highest BCUT2D eigenvalue weighted by molar-refractivity contribution is 5.98. The van der Waals surface area contributed by atoms with Crippen molar-refractivity contribution in [1.29, 1.82) is 0 Å². The highest BCUT2D eigenvalue weighted by Gasteiger charge is 2.23. The molecule has 5 amide bonds. The number of carboxylic acids is 1. The number of benzene rings is 1. The molecule has 4 rings (SSSR count). The Morgan fingerprint density at radius 2 is 1.46 bits per heavy atom. The van der Waals surface area contributed by atoms with E-state index in [1.54, 1.807) is 24.3 Å². The van der Waals surface area contributed by atoms with Gasteiger partial charge < -0.3 is 61.3 Å².